The van der Waals surface area contributed by atoms with Crippen LogP contribution in [0.1, 0.15) is 29.7 Å². The van der Waals surface area contributed by atoms with Gasteiger partial charge in [-0.3, -0.25) is 4.79 Å². The number of carbonyl (C=O) groups is 1. The van der Waals surface area contributed by atoms with Crippen molar-refractivity contribution in [2.75, 3.05) is 19.7 Å². The third-order valence-electron chi connectivity index (χ3n) is 4.73. The summed E-state index contributed by atoms with van der Waals surface area (Å²) in [6.07, 6.45) is 0. The molecule has 0 aromatic heterocycles. The van der Waals surface area contributed by atoms with Crippen molar-refractivity contribution >= 4 is 5.91 Å². The molecule has 2 aliphatic rings. The molecule has 1 amide bonds. The van der Waals surface area contributed by atoms with Gasteiger partial charge < -0.3 is 15.4 Å². The number of aryl methyl sites for hydroxylation is 1. The molecule has 1 fully saturated rings. The maximum Gasteiger partial charge on any atom is 0.223 e. The molecule has 0 saturated carbocycles. The van der Waals surface area contributed by atoms with Crippen molar-refractivity contribution < 1.29 is 9.53 Å². The molecule has 1 aromatic carbocycles. The Balaban J connectivity index is 1.72. The summed E-state index contributed by atoms with van der Waals surface area (Å²) in [6.45, 7) is 8.60. The van der Waals surface area contributed by atoms with E-state index < -0.39 is 0 Å². The first kappa shape index (κ1) is 13.4. The molecule has 2 N–H and O–H groups in total. The van der Waals surface area contributed by atoms with Gasteiger partial charge in [-0.05, 0) is 44.0 Å². The Morgan fingerprint density at radius 1 is 1.40 bits per heavy atom. The van der Waals surface area contributed by atoms with Crippen LogP contribution in [0.25, 0.3) is 0 Å². The second-order valence-electron chi connectivity index (χ2n) is 6.00. The van der Waals surface area contributed by atoms with Gasteiger partial charge >= 0.3 is 0 Å². The Labute approximate surface area is 119 Å². The van der Waals surface area contributed by atoms with E-state index in [0.717, 1.165) is 24.4 Å². The van der Waals surface area contributed by atoms with Crippen molar-refractivity contribution in [1.82, 2.24) is 10.6 Å². The number of ether oxygens (including phenoxy) is 1. The molecule has 1 saturated heterocycles. The lowest BCUT2D eigenvalue weighted by Crippen LogP contribution is -2.50. The van der Waals surface area contributed by atoms with Gasteiger partial charge in [-0.25, -0.2) is 0 Å². The first-order chi connectivity index (χ1) is 9.58. The molecule has 3 rings (SSSR count). The number of hydrogen-bond donors (Lipinski definition) is 2. The number of nitrogens with one attached hydrogen (secondary N) is 2. The van der Waals surface area contributed by atoms with E-state index in [9.17, 15) is 4.79 Å². The molecule has 0 spiro atoms. The lowest BCUT2D eigenvalue weighted by Gasteiger charge is -2.32. The van der Waals surface area contributed by atoms with Crippen LogP contribution < -0.4 is 15.4 Å². The standard InChI is InChI=1S/C16H22N2O2/c1-9-4-5-13-14(8-20-15(13)10(9)2)18-16(19)11(3)12-6-17-7-12/h4-5,11-12,14,17H,6-8H2,1-3H3,(H,18,19). The molecule has 2 atom stereocenters. The lowest BCUT2D eigenvalue weighted by molar-refractivity contribution is -0.127. The Morgan fingerprint density at radius 2 is 2.15 bits per heavy atom. The number of benzene rings is 1. The van der Waals surface area contributed by atoms with Crippen LogP contribution in [0, 0.1) is 25.7 Å². The molecular weight excluding hydrogens is 252 g/mol. The van der Waals surface area contributed by atoms with Crippen LogP contribution in [0.3, 0.4) is 0 Å². The summed E-state index contributed by atoms with van der Waals surface area (Å²) in [4.78, 5) is 12.3. The highest BCUT2D eigenvalue weighted by atomic mass is 16.5. The van der Waals surface area contributed by atoms with Crippen LogP contribution in [0.5, 0.6) is 5.75 Å². The molecule has 0 radical (unpaired) electrons. The molecule has 2 heterocycles. The van der Waals surface area contributed by atoms with Gasteiger partial charge in [0.25, 0.3) is 0 Å². The molecule has 108 valence electrons. The quantitative estimate of drug-likeness (QED) is 0.882. The van der Waals surface area contributed by atoms with Gasteiger partial charge in [0, 0.05) is 11.5 Å². The van der Waals surface area contributed by atoms with Crippen molar-refractivity contribution in [1.29, 1.82) is 0 Å². The second-order valence-corrected chi connectivity index (χ2v) is 6.00. The third-order valence-corrected chi connectivity index (χ3v) is 4.73. The third kappa shape index (κ3) is 2.18. The Hall–Kier alpha value is -1.55. The van der Waals surface area contributed by atoms with Crippen molar-refractivity contribution in [3.63, 3.8) is 0 Å². The number of amides is 1. The van der Waals surface area contributed by atoms with Crippen LogP contribution in [0.2, 0.25) is 0 Å². The smallest absolute Gasteiger partial charge is 0.223 e. The van der Waals surface area contributed by atoms with E-state index in [1.807, 2.05) is 6.92 Å². The summed E-state index contributed by atoms with van der Waals surface area (Å²) < 4.78 is 5.78. The van der Waals surface area contributed by atoms with Crippen molar-refractivity contribution in [2.45, 2.75) is 26.8 Å². The van der Waals surface area contributed by atoms with Gasteiger partial charge in [0.05, 0.1) is 6.04 Å². The lowest BCUT2D eigenvalue weighted by atomic mass is 9.88. The van der Waals surface area contributed by atoms with E-state index in [4.69, 9.17) is 4.74 Å². The molecule has 0 aliphatic carbocycles. The van der Waals surface area contributed by atoms with Crippen molar-refractivity contribution in [3.8, 4) is 5.75 Å². The SMILES string of the molecule is Cc1ccc2c(c1C)OCC2NC(=O)C(C)C1CNC1. The molecule has 4 heteroatoms. The van der Waals surface area contributed by atoms with Crippen LogP contribution in [-0.2, 0) is 4.79 Å². The summed E-state index contributed by atoms with van der Waals surface area (Å²) in [6, 6.07) is 4.17. The highest BCUT2D eigenvalue weighted by Gasteiger charge is 2.32. The van der Waals surface area contributed by atoms with Crippen LogP contribution in [-0.4, -0.2) is 25.6 Å². The average Bonchev–Trinajstić information content (AvgIpc) is 2.75. The maximum atomic E-state index is 12.3. The van der Waals surface area contributed by atoms with Crippen molar-refractivity contribution in [2.24, 2.45) is 11.8 Å². The predicted molar refractivity (Wildman–Crippen MR) is 77.8 cm³/mol. The molecule has 2 unspecified atom stereocenters. The number of hydrogen-bond acceptors (Lipinski definition) is 3. The molecule has 4 nitrogen and oxygen atoms in total. The zero-order valence-corrected chi connectivity index (χ0v) is 12.3. The van der Waals surface area contributed by atoms with E-state index in [0.29, 0.717) is 12.5 Å². The van der Waals surface area contributed by atoms with Crippen molar-refractivity contribution in [3.05, 3.63) is 28.8 Å². The van der Waals surface area contributed by atoms with E-state index in [1.165, 1.54) is 11.1 Å². The zero-order valence-electron chi connectivity index (χ0n) is 12.3. The minimum Gasteiger partial charge on any atom is -0.490 e. The Kier molecular flexibility index (Phi) is 3.42. The van der Waals surface area contributed by atoms with Crippen LogP contribution in [0.15, 0.2) is 12.1 Å². The number of fused-ring (bicyclic) bond motifs is 1. The predicted octanol–water partition coefficient (Wildman–Crippen LogP) is 1.71. The first-order valence-electron chi connectivity index (χ1n) is 7.32. The first-order valence-corrected chi connectivity index (χ1v) is 7.32. The van der Waals surface area contributed by atoms with Crippen LogP contribution >= 0.6 is 0 Å². The zero-order chi connectivity index (χ0) is 14.3. The fourth-order valence-corrected chi connectivity index (χ4v) is 2.83. The molecule has 20 heavy (non-hydrogen) atoms. The summed E-state index contributed by atoms with van der Waals surface area (Å²) in [5.74, 6) is 1.62. The summed E-state index contributed by atoms with van der Waals surface area (Å²) >= 11 is 0. The van der Waals surface area contributed by atoms with Gasteiger partial charge in [-0.1, -0.05) is 19.1 Å². The fraction of sp³-hybridized carbons (Fsp3) is 0.562. The van der Waals surface area contributed by atoms with Gasteiger partial charge in [-0.2, -0.15) is 0 Å². The minimum atomic E-state index is -0.00714. The maximum absolute atomic E-state index is 12.3. The Morgan fingerprint density at radius 3 is 2.80 bits per heavy atom. The van der Waals surface area contributed by atoms with E-state index in [1.54, 1.807) is 0 Å². The molecule has 0 bridgehead atoms. The highest BCUT2D eigenvalue weighted by Crippen LogP contribution is 2.36. The summed E-state index contributed by atoms with van der Waals surface area (Å²) in [5, 5.41) is 6.35. The summed E-state index contributed by atoms with van der Waals surface area (Å²) in [7, 11) is 0. The van der Waals surface area contributed by atoms with Gasteiger partial charge in [0.15, 0.2) is 0 Å². The van der Waals surface area contributed by atoms with E-state index in [-0.39, 0.29) is 17.9 Å². The molecular formula is C16H22N2O2. The van der Waals surface area contributed by atoms with E-state index >= 15 is 0 Å². The van der Waals surface area contributed by atoms with Gasteiger partial charge in [0.1, 0.15) is 12.4 Å². The van der Waals surface area contributed by atoms with Gasteiger partial charge in [-0.15, -0.1) is 0 Å². The van der Waals surface area contributed by atoms with E-state index in [2.05, 4.69) is 36.6 Å². The topological polar surface area (TPSA) is 50.4 Å². The average molecular weight is 274 g/mol. The monoisotopic (exact) mass is 274 g/mol. The molecule has 1 aromatic rings. The normalized spacial score (nSPS) is 22.6. The van der Waals surface area contributed by atoms with Gasteiger partial charge in [0.2, 0.25) is 5.91 Å². The fourth-order valence-electron chi connectivity index (χ4n) is 2.83. The second kappa shape index (κ2) is 5.09. The van der Waals surface area contributed by atoms with Crippen LogP contribution in [0.4, 0.5) is 0 Å². The molecule has 2 aliphatic heterocycles. The summed E-state index contributed by atoms with van der Waals surface area (Å²) in [5.41, 5.74) is 3.51. The number of carbonyl (C=O) groups excluding carboxylic acids is 1. The minimum absolute atomic E-state index is 0.00714. The number of rotatable bonds is 3. The largest absolute Gasteiger partial charge is 0.490 e. The highest BCUT2D eigenvalue weighted by molar-refractivity contribution is 5.79. The Bertz CT molecular complexity index is 538.